The highest BCUT2D eigenvalue weighted by molar-refractivity contribution is 7.92. The van der Waals surface area contributed by atoms with Crippen LogP contribution in [0.25, 0.3) is 0 Å². The molecule has 1 aliphatic heterocycles. The van der Waals surface area contributed by atoms with Crippen LogP contribution < -0.4 is 19.1 Å². The van der Waals surface area contributed by atoms with E-state index in [4.69, 9.17) is 32.7 Å². The fourth-order valence-corrected chi connectivity index (χ4v) is 5.49. The number of nitrogens with one attached hydrogen (secondary N) is 1. The normalized spacial score (nSPS) is 13.7. The van der Waals surface area contributed by atoms with Crippen LogP contribution in [0.4, 0.5) is 5.69 Å². The number of anilines is 1. The van der Waals surface area contributed by atoms with Crippen molar-refractivity contribution in [1.29, 1.82) is 0 Å². The van der Waals surface area contributed by atoms with Gasteiger partial charge in [-0.05, 0) is 63.9 Å². The van der Waals surface area contributed by atoms with E-state index in [1.165, 1.54) is 17.9 Å². The van der Waals surface area contributed by atoms with Crippen molar-refractivity contribution in [2.24, 2.45) is 0 Å². The maximum absolute atomic E-state index is 13.9. The monoisotopic (exact) mass is 585 g/mol. The summed E-state index contributed by atoms with van der Waals surface area (Å²) in [6.07, 6.45) is 0.295. The maximum Gasteiger partial charge on any atom is 0.244 e. The number of carbonyl (C=O) groups excluding carboxylic acids is 2. The first-order valence-electron chi connectivity index (χ1n) is 12.2. The van der Waals surface area contributed by atoms with Gasteiger partial charge in [0.15, 0.2) is 11.5 Å². The molecule has 0 unspecified atom stereocenters. The number of carbonyl (C=O) groups is 2. The lowest BCUT2D eigenvalue weighted by Gasteiger charge is -2.35. The van der Waals surface area contributed by atoms with E-state index < -0.39 is 34.1 Å². The van der Waals surface area contributed by atoms with E-state index in [1.54, 1.807) is 37.3 Å². The second kappa shape index (κ2) is 12.0. The average molecular weight is 587 g/mol. The minimum absolute atomic E-state index is 0.0218. The van der Waals surface area contributed by atoms with Crippen molar-refractivity contribution in [3.05, 3.63) is 52.0 Å². The van der Waals surface area contributed by atoms with E-state index in [0.717, 1.165) is 4.31 Å². The van der Waals surface area contributed by atoms with Crippen molar-refractivity contribution in [3.8, 4) is 11.5 Å². The molecular weight excluding hydrogens is 553 g/mol. The summed E-state index contributed by atoms with van der Waals surface area (Å²) in [6.45, 7) is 8.28. The summed E-state index contributed by atoms with van der Waals surface area (Å²) in [5.41, 5.74) is 0.279. The molecule has 0 fully saturated rings. The van der Waals surface area contributed by atoms with Crippen molar-refractivity contribution in [2.75, 3.05) is 23.4 Å². The van der Waals surface area contributed by atoms with E-state index in [-0.39, 0.29) is 30.7 Å². The molecule has 2 amide bonds. The van der Waals surface area contributed by atoms with Gasteiger partial charge in [0.25, 0.3) is 0 Å². The zero-order chi connectivity index (χ0) is 28.3. The van der Waals surface area contributed by atoms with Gasteiger partial charge in [0.05, 0.1) is 11.4 Å². The summed E-state index contributed by atoms with van der Waals surface area (Å²) in [5, 5.41) is 3.68. The van der Waals surface area contributed by atoms with Crippen molar-refractivity contribution in [3.63, 3.8) is 0 Å². The number of ether oxygens (including phenoxy) is 2. The van der Waals surface area contributed by atoms with Crippen molar-refractivity contribution < 1.29 is 27.5 Å². The summed E-state index contributed by atoms with van der Waals surface area (Å²) < 4.78 is 38.0. The largest absolute Gasteiger partial charge is 0.454 e. The Morgan fingerprint density at radius 1 is 1.05 bits per heavy atom. The van der Waals surface area contributed by atoms with Gasteiger partial charge in [-0.1, -0.05) is 36.2 Å². The van der Waals surface area contributed by atoms with Crippen LogP contribution in [0.2, 0.25) is 10.0 Å². The number of nitrogens with zero attached hydrogens (tertiary/aromatic N) is 2. The lowest BCUT2D eigenvalue weighted by atomic mass is 10.1. The minimum atomic E-state index is -3.88. The van der Waals surface area contributed by atoms with E-state index in [2.05, 4.69) is 5.32 Å². The Morgan fingerprint density at radius 2 is 1.74 bits per heavy atom. The van der Waals surface area contributed by atoms with Crippen LogP contribution in [0, 0.1) is 0 Å². The summed E-state index contributed by atoms with van der Waals surface area (Å²) in [7, 11) is -3.88. The molecule has 0 aliphatic carbocycles. The second-order valence-electron chi connectivity index (χ2n) is 9.87. The summed E-state index contributed by atoms with van der Waals surface area (Å²) in [5.74, 6) is -0.294. The first kappa shape index (κ1) is 29.9. The highest BCUT2D eigenvalue weighted by atomic mass is 35.5. The molecule has 0 aromatic heterocycles. The first-order chi connectivity index (χ1) is 17.8. The van der Waals surface area contributed by atoms with Crippen molar-refractivity contribution in [1.82, 2.24) is 10.2 Å². The highest BCUT2D eigenvalue weighted by Crippen LogP contribution is 2.36. The molecule has 0 radical (unpaired) electrons. The number of rotatable bonds is 10. The molecule has 0 bridgehead atoms. The Hall–Kier alpha value is -2.69. The van der Waals surface area contributed by atoms with Gasteiger partial charge in [-0.15, -0.1) is 0 Å². The molecule has 9 nitrogen and oxygen atoms in total. The molecule has 3 rings (SSSR count). The Bertz CT molecular complexity index is 1300. The predicted molar refractivity (Wildman–Crippen MR) is 148 cm³/mol. The minimum Gasteiger partial charge on any atom is -0.454 e. The first-order valence-corrected chi connectivity index (χ1v) is 14.6. The lowest BCUT2D eigenvalue weighted by Crippen LogP contribution is -2.55. The molecule has 2 aromatic carbocycles. The molecule has 208 valence electrons. The van der Waals surface area contributed by atoms with E-state index >= 15 is 0 Å². The topological polar surface area (TPSA) is 105 Å². The molecule has 1 heterocycles. The smallest absolute Gasteiger partial charge is 0.244 e. The molecule has 38 heavy (non-hydrogen) atoms. The number of hydrogen-bond donors (Lipinski definition) is 1. The highest BCUT2D eigenvalue weighted by Gasteiger charge is 2.34. The Balaban J connectivity index is 2.01. The van der Waals surface area contributed by atoms with Crippen molar-refractivity contribution >= 4 is 50.7 Å². The number of amides is 2. The molecule has 0 saturated carbocycles. The van der Waals surface area contributed by atoms with Crippen LogP contribution in [-0.4, -0.2) is 55.8 Å². The Labute approximate surface area is 234 Å². The van der Waals surface area contributed by atoms with Gasteiger partial charge in [0.1, 0.15) is 12.6 Å². The Kier molecular flexibility index (Phi) is 9.43. The van der Waals surface area contributed by atoms with Crippen LogP contribution in [0.1, 0.15) is 46.6 Å². The molecule has 1 aliphatic rings. The van der Waals surface area contributed by atoms with Crippen LogP contribution >= 0.6 is 23.2 Å². The lowest BCUT2D eigenvalue weighted by molar-refractivity contribution is -0.141. The number of halogens is 2. The average Bonchev–Trinajstić information content (AvgIpc) is 3.30. The molecule has 2 aromatic rings. The Morgan fingerprint density at radius 3 is 2.34 bits per heavy atom. The third-order valence-electron chi connectivity index (χ3n) is 5.86. The SMILES string of the molecule is CC[C@@H](C(=O)NC(C)(C)C)N(Cc1ccc(Cl)cc1Cl)C(=O)CN(c1ccc2c(c1)OCO2)S(=O)(=O)CC. The van der Waals surface area contributed by atoms with E-state index in [1.807, 2.05) is 20.8 Å². The second-order valence-corrected chi connectivity index (χ2v) is 12.9. The zero-order valence-corrected chi connectivity index (χ0v) is 24.4. The van der Waals surface area contributed by atoms with Crippen LogP contribution in [0.5, 0.6) is 11.5 Å². The summed E-state index contributed by atoms with van der Waals surface area (Å²) in [4.78, 5) is 28.5. The fraction of sp³-hybridized carbons (Fsp3) is 0.462. The van der Waals surface area contributed by atoms with Gasteiger partial charge >= 0.3 is 0 Å². The number of hydrogen-bond acceptors (Lipinski definition) is 6. The van der Waals surface area contributed by atoms with Crippen LogP contribution in [0.15, 0.2) is 36.4 Å². The van der Waals surface area contributed by atoms with Gasteiger partial charge in [0.2, 0.25) is 28.6 Å². The van der Waals surface area contributed by atoms with Gasteiger partial charge in [-0.25, -0.2) is 8.42 Å². The van der Waals surface area contributed by atoms with Gasteiger partial charge in [-0.2, -0.15) is 0 Å². The number of sulfonamides is 1. The van der Waals surface area contributed by atoms with Crippen LogP contribution in [0.3, 0.4) is 0 Å². The quantitative estimate of drug-likeness (QED) is 0.437. The molecular formula is C26H33Cl2N3O6S. The summed E-state index contributed by atoms with van der Waals surface area (Å²) in [6, 6.07) is 8.66. The molecule has 1 N–H and O–H groups in total. The zero-order valence-electron chi connectivity index (χ0n) is 22.1. The predicted octanol–water partition coefficient (Wildman–Crippen LogP) is 4.60. The number of fused-ring (bicyclic) bond motifs is 1. The van der Waals surface area contributed by atoms with Crippen molar-refractivity contribution in [2.45, 2.75) is 59.2 Å². The summed E-state index contributed by atoms with van der Waals surface area (Å²) >= 11 is 12.5. The van der Waals surface area contributed by atoms with E-state index in [9.17, 15) is 18.0 Å². The van der Waals surface area contributed by atoms with Gasteiger partial charge in [-0.3, -0.25) is 13.9 Å². The van der Waals surface area contributed by atoms with Gasteiger partial charge in [0, 0.05) is 28.2 Å². The number of benzene rings is 2. The third kappa shape index (κ3) is 7.24. The van der Waals surface area contributed by atoms with E-state index in [0.29, 0.717) is 33.5 Å². The fourth-order valence-electron chi connectivity index (χ4n) is 3.97. The molecule has 12 heteroatoms. The molecule has 0 saturated heterocycles. The standard InChI is InChI=1S/C26H33Cl2N3O6S/c1-6-21(25(33)29-26(3,4)5)30(14-17-8-9-18(27)12-20(17)28)24(32)15-31(38(34,35)7-2)19-10-11-22-23(13-19)37-16-36-22/h8-13,21H,6-7,14-16H2,1-5H3,(H,29,33)/t21-/m0/s1. The van der Waals surface area contributed by atoms with Crippen LogP contribution in [-0.2, 0) is 26.2 Å². The maximum atomic E-state index is 13.9. The molecule has 0 spiro atoms. The third-order valence-corrected chi connectivity index (χ3v) is 8.19. The molecule has 1 atom stereocenters. The van der Waals surface area contributed by atoms with Gasteiger partial charge < -0.3 is 19.7 Å².